The fourth-order valence-electron chi connectivity index (χ4n) is 0.686. The van der Waals surface area contributed by atoms with E-state index in [9.17, 15) is 8.42 Å². The Morgan fingerprint density at radius 1 is 1.42 bits per heavy atom. The second-order valence-corrected chi connectivity index (χ2v) is 4.66. The van der Waals surface area contributed by atoms with E-state index >= 15 is 0 Å². The van der Waals surface area contributed by atoms with Gasteiger partial charge < -0.3 is 4.74 Å². The first-order chi connectivity index (χ1) is 5.48. The van der Waals surface area contributed by atoms with Crippen molar-refractivity contribution in [1.29, 1.82) is 0 Å². The molecule has 0 aromatic heterocycles. The van der Waals surface area contributed by atoms with Gasteiger partial charge >= 0.3 is 0 Å². The third-order valence-corrected chi connectivity index (χ3v) is 2.60. The summed E-state index contributed by atoms with van der Waals surface area (Å²) < 4.78 is 29.5. The maximum absolute atomic E-state index is 11.0. The van der Waals surface area contributed by atoms with Gasteiger partial charge in [0.05, 0.1) is 18.5 Å². The lowest BCUT2D eigenvalue weighted by molar-refractivity contribution is 0.0911. The summed E-state index contributed by atoms with van der Waals surface area (Å²) in [5, 5.41) is 0. The van der Waals surface area contributed by atoms with Crippen LogP contribution in [0.5, 0.6) is 0 Å². The van der Waals surface area contributed by atoms with E-state index in [0.29, 0.717) is 6.54 Å². The van der Waals surface area contributed by atoms with Crippen LogP contribution in [0.2, 0.25) is 0 Å². The predicted octanol–water partition coefficient (Wildman–Crippen LogP) is 0.351. The van der Waals surface area contributed by atoms with Crippen LogP contribution in [0.4, 0.5) is 0 Å². The van der Waals surface area contributed by atoms with Crippen molar-refractivity contribution in [2.75, 3.05) is 18.9 Å². The third kappa shape index (κ3) is 6.57. The molecule has 0 fully saturated rings. The van der Waals surface area contributed by atoms with Gasteiger partial charge in [0.25, 0.3) is 0 Å². The number of rotatable bonds is 6. The van der Waals surface area contributed by atoms with Crippen molar-refractivity contribution < 1.29 is 13.2 Å². The summed E-state index contributed by atoms with van der Waals surface area (Å²) in [5.41, 5.74) is 0. The normalized spacial score (nSPS) is 12.3. The van der Waals surface area contributed by atoms with Gasteiger partial charge in [0, 0.05) is 6.54 Å². The average molecular weight is 195 g/mol. The fourth-order valence-corrected chi connectivity index (χ4v) is 1.59. The van der Waals surface area contributed by atoms with E-state index in [4.69, 9.17) is 4.74 Å². The Bertz CT molecular complexity index is 199. The zero-order chi connectivity index (χ0) is 9.61. The molecular weight excluding hydrogens is 178 g/mol. The summed E-state index contributed by atoms with van der Waals surface area (Å²) in [7, 11) is -3.10. The molecule has 0 rings (SSSR count). The Kier molecular flexibility index (Phi) is 5.44. The van der Waals surface area contributed by atoms with Gasteiger partial charge in [-0.25, -0.2) is 13.1 Å². The summed E-state index contributed by atoms with van der Waals surface area (Å²) in [6, 6.07) is 0. The van der Waals surface area contributed by atoms with Crippen LogP contribution in [-0.2, 0) is 14.8 Å². The van der Waals surface area contributed by atoms with Crippen molar-refractivity contribution in [3.63, 3.8) is 0 Å². The van der Waals surface area contributed by atoms with E-state index in [1.165, 1.54) is 0 Å². The van der Waals surface area contributed by atoms with Gasteiger partial charge in [0.1, 0.15) is 0 Å². The Labute approximate surface area is 74.4 Å². The van der Waals surface area contributed by atoms with Gasteiger partial charge in [0.2, 0.25) is 10.0 Å². The predicted molar refractivity (Wildman–Crippen MR) is 48.6 cm³/mol. The lowest BCUT2D eigenvalue weighted by Gasteiger charge is -2.07. The lowest BCUT2D eigenvalue weighted by atomic mass is 10.5. The van der Waals surface area contributed by atoms with Crippen molar-refractivity contribution in [3.05, 3.63) is 0 Å². The van der Waals surface area contributed by atoms with Crippen molar-refractivity contribution in [3.8, 4) is 0 Å². The molecule has 0 unspecified atom stereocenters. The van der Waals surface area contributed by atoms with Gasteiger partial charge in [0.15, 0.2) is 0 Å². The van der Waals surface area contributed by atoms with Gasteiger partial charge in [-0.2, -0.15) is 0 Å². The highest BCUT2D eigenvalue weighted by atomic mass is 32.2. The second kappa shape index (κ2) is 5.50. The molecule has 0 spiro atoms. The highest BCUT2D eigenvalue weighted by Crippen LogP contribution is 1.90. The number of hydrogen-bond donors (Lipinski definition) is 1. The molecule has 0 aliphatic rings. The topological polar surface area (TPSA) is 55.4 Å². The van der Waals surface area contributed by atoms with Crippen LogP contribution >= 0.6 is 0 Å². The summed E-state index contributed by atoms with van der Waals surface area (Å²) in [4.78, 5) is 0. The Balaban J connectivity index is 3.62. The monoisotopic (exact) mass is 195 g/mol. The molecule has 12 heavy (non-hydrogen) atoms. The third-order valence-electron chi connectivity index (χ3n) is 1.17. The fraction of sp³-hybridized carbons (Fsp3) is 1.00. The van der Waals surface area contributed by atoms with Crippen LogP contribution in [0.1, 0.15) is 20.8 Å². The maximum atomic E-state index is 11.0. The molecule has 0 aliphatic carbocycles. The van der Waals surface area contributed by atoms with E-state index in [1.54, 1.807) is 6.92 Å². The van der Waals surface area contributed by atoms with Gasteiger partial charge in [-0.05, 0) is 13.8 Å². The molecule has 0 saturated carbocycles. The quantitative estimate of drug-likeness (QED) is 0.665. The van der Waals surface area contributed by atoms with Crippen LogP contribution in [0.15, 0.2) is 0 Å². The minimum atomic E-state index is -3.10. The Hall–Kier alpha value is -0.130. The second-order valence-electron chi connectivity index (χ2n) is 2.74. The number of hydrogen-bond acceptors (Lipinski definition) is 3. The Morgan fingerprint density at radius 2 is 2.00 bits per heavy atom. The van der Waals surface area contributed by atoms with Crippen LogP contribution in [0.3, 0.4) is 0 Å². The van der Waals surface area contributed by atoms with Crippen LogP contribution < -0.4 is 4.72 Å². The minimum absolute atomic E-state index is 0.0407. The van der Waals surface area contributed by atoms with Crippen molar-refractivity contribution in [2.24, 2.45) is 0 Å². The number of ether oxygens (including phenoxy) is 1. The van der Waals surface area contributed by atoms with Crippen molar-refractivity contribution in [2.45, 2.75) is 26.9 Å². The lowest BCUT2D eigenvalue weighted by Crippen LogP contribution is -2.28. The first-order valence-corrected chi connectivity index (χ1v) is 5.72. The molecule has 1 N–H and O–H groups in total. The molecule has 0 heterocycles. The Morgan fingerprint density at radius 3 is 2.42 bits per heavy atom. The summed E-state index contributed by atoms with van der Waals surface area (Å²) in [6.07, 6.45) is 0.0850. The highest BCUT2D eigenvalue weighted by Gasteiger charge is 2.07. The molecule has 0 amide bonds. The smallest absolute Gasteiger partial charge is 0.213 e. The summed E-state index contributed by atoms with van der Waals surface area (Å²) in [6.45, 7) is 6.19. The molecule has 0 atom stereocenters. The van der Waals surface area contributed by atoms with E-state index < -0.39 is 10.0 Å². The van der Waals surface area contributed by atoms with Crippen LogP contribution in [-0.4, -0.2) is 33.4 Å². The van der Waals surface area contributed by atoms with Crippen LogP contribution in [0, 0.1) is 0 Å². The average Bonchev–Trinajstić information content (AvgIpc) is 1.85. The molecule has 0 aromatic carbocycles. The number of nitrogens with one attached hydrogen (secondary N) is 1. The molecule has 0 radical (unpaired) electrons. The molecule has 4 nitrogen and oxygen atoms in total. The molecule has 5 heteroatoms. The molecule has 0 bridgehead atoms. The van der Waals surface area contributed by atoms with Gasteiger partial charge in [-0.1, -0.05) is 6.92 Å². The van der Waals surface area contributed by atoms with E-state index in [2.05, 4.69) is 4.72 Å². The molecular formula is C7H17NO3S. The zero-order valence-electron chi connectivity index (χ0n) is 7.83. The largest absolute Gasteiger partial charge is 0.378 e. The van der Waals surface area contributed by atoms with Gasteiger partial charge in [-0.3, -0.25) is 0 Å². The minimum Gasteiger partial charge on any atom is -0.378 e. The summed E-state index contributed by atoms with van der Waals surface area (Å²) in [5.74, 6) is 0.0407. The molecule has 0 aromatic rings. The maximum Gasteiger partial charge on any atom is 0.213 e. The van der Waals surface area contributed by atoms with Crippen LogP contribution in [0.25, 0.3) is 0 Å². The summed E-state index contributed by atoms with van der Waals surface area (Å²) >= 11 is 0. The molecule has 74 valence electrons. The zero-order valence-corrected chi connectivity index (χ0v) is 8.65. The first-order valence-electron chi connectivity index (χ1n) is 4.07. The number of sulfonamides is 1. The SMILES string of the molecule is CCNS(=O)(=O)CCOC(C)C. The molecule has 0 aliphatic heterocycles. The van der Waals surface area contributed by atoms with Gasteiger partial charge in [-0.15, -0.1) is 0 Å². The first kappa shape index (κ1) is 11.9. The standard InChI is InChI=1S/C7H17NO3S/c1-4-8-12(9,10)6-5-11-7(2)3/h7-8H,4-6H2,1-3H3. The van der Waals surface area contributed by atoms with E-state index in [1.807, 2.05) is 13.8 Å². The van der Waals surface area contributed by atoms with Crippen molar-refractivity contribution >= 4 is 10.0 Å². The van der Waals surface area contributed by atoms with E-state index in [-0.39, 0.29) is 18.5 Å². The highest BCUT2D eigenvalue weighted by molar-refractivity contribution is 7.89. The van der Waals surface area contributed by atoms with Crippen molar-refractivity contribution in [1.82, 2.24) is 4.72 Å². The van der Waals surface area contributed by atoms with E-state index in [0.717, 1.165) is 0 Å². The molecule has 0 saturated heterocycles.